The Labute approximate surface area is 154 Å². The molecule has 0 aromatic carbocycles. The van der Waals surface area contributed by atoms with Gasteiger partial charge in [-0.1, -0.05) is 26.8 Å². The first-order chi connectivity index (χ1) is 10.7. The van der Waals surface area contributed by atoms with Crippen LogP contribution in [0.25, 0.3) is 0 Å². The number of ether oxygens (including phenoxy) is 3. The van der Waals surface area contributed by atoms with Crippen molar-refractivity contribution in [2.45, 2.75) is 53.6 Å². The Hall–Kier alpha value is -0.140. The summed E-state index contributed by atoms with van der Waals surface area (Å²) in [5.41, 5.74) is 0.0287. The van der Waals surface area contributed by atoms with Gasteiger partial charge in [0.2, 0.25) is 0 Å². The van der Waals surface area contributed by atoms with Crippen molar-refractivity contribution >= 4 is 28.6 Å². The van der Waals surface area contributed by atoms with Gasteiger partial charge in [-0.3, -0.25) is 4.79 Å². The zero-order valence-corrected chi connectivity index (χ0v) is 17.4. The van der Waals surface area contributed by atoms with Crippen LogP contribution in [0.5, 0.6) is 0 Å². The summed E-state index contributed by atoms with van der Waals surface area (Å²) in [7, 11) is 1.61. The summed E-state index contributed by atoms with van der Waals surface area (Å²) in [6.45, 7) is 11.0. The van der Waals surface area contributed by atoms with Crippen LogP contribution in [0.1, 0.15) is 47.5 Å². The van der Waals surface area contributed by atoms with E-state index in [9.17, 15) is 4.79 Å². The zero-order chi connectivity index (χ0) is 17.6. The van der Waals surface area contributed by atoms with Gasteiger partial charge < -0.3 is 14.2 Å². The number of carbonyl (C=O) groups is 1. The van der Waals surface area contributed by atoms with E-state index in [1.54, 1.807) is 7.11 Å². The maximum Gasteiger partial charge on any atom is 0.302 e. The van der Waals surface area contributed by atoms with Crippen molar-refractivity contribution in [3.8, 4) is 0 Å². The highest BCUT2D eigenvalue weighted by Crippen LogP contribution is 2.50. The maximum absolute atomic E-state index is 11.3. The molecule has 1 aliphatic carbocycles. The molecule has 5 heteroatoms. The van der Waals surface area contributed by atoms with E-state index in [4.69, 9.17) is 14.2 Å². The first kappa shape index (κ1) is 20.9. The predicted octanol–water partition coefficient (Wildman–Crippen LogP) is 4.57. The van der Waals surface area contributed by atoms with E-state index < -0.39 is 0 Å². The molecule has 4 nitrogen and oxygen atoms in total. The molecule has 0 saturated heterocycles. The van der Waals surface area contributed by atoms with Crippen LogP contribution in [-0.4, -0.2) is 32.6 Å². The molecule has 1 fully saturated rings. The van der Waals surface area contributed by atoms with E-state index in [0.717, 1.165) is 6.42 Å². The number of methoxy groups -OCH3 is 1. The second-order valence-electron chi connectivity index (χ2n) is 7.20. The average molecular weight is 438 g/mol. The number of esters is 1. The van der Waals surface area contributed by atoms with Gasteiger partial charge in [0.25, 0.3) is 0 Å². The molecule has 1 aliphatic rings. The van der Waals surface area contributed by atoms with Gasteiger partial charge >= 0.3 is 5.97 Å². The Morgan fingerprint density at radius 2 is 2.04 bits per heavy atom. The lowest BCUT2D eigenvalue weighted by atomic mass is 9.58. The third kappa shape index (κ3) is 6.35. The van der Waals surface area contributed by atoms with Crippen LogP contribution in [0.3, 0.4) is 0 Å². The molecule has 1 saturated carbocycles. The normalized spacial score (nSPS) is 33.3. The summed E-state index contributed by atoms with van der Waals surface area (Å²) in [6.07, 6.45) is 4.50. The molecule has 0 spiro atoms. The van der Waals surface area contributed by atoms with Gasteiger partial charge in [0.1, 0.15) is 13.4 Å². The number of halogens is 1. The molecule has 0 N–H and O–H groups in total. The van der Waals surface area contributed by atoms with Crippen LogP contribution in [0.2, 0.25) is 0 Å². The van der Waals surface area contributed by atoms with E-state index in [-0.39, 0.29) is 36.8 Å². The van der Waals surface area contributed by atoms with Crippen molar-refractivity contribution in [3.63, 3.8) is 0 Å². The lowest BCUT2D eigenvalue weighted by Crippen LogP contribution is -2.47. The highest BCUT2D eigenvalue weighted by Gasteiger charge is 2.46. The van der Waals surface area contributed by atoms with Gasteiger partial charge in [0, 0.05) is 14.0 Å². The number of carbonyl (C=O) groups excluding carboxylic acids is 1. The second kappa shape index (κ2) is 9.37. The van der Waals surface area contributed by atoms with Crippen molar-refractivity contribution in [1.82, 2.24) is 0 Å². The van der Waals surface area contributed by atoms with Gasteiger partial charge in [-0.2, -0.15) is 0 Å². The van der Waals surface area contributed by atoms with Crippen LogP contribution < -0.4 is 0 Å². The fourth-order valence-corrected chi connectivity index (χ4v) is 5.12. The standard InChI is InChI=1S/C18H31IO4/c1-12-7-13(2)17(18(5,8-12)9-14(3)19)16(23-11-21-6)10-22-15(4)20/h9,12-13,16-17H,7-8,10-11H2,1-6H3/b14-9+/t12-,13+,16-,17+,18+/m1/s1. The molecule has 134 valence electrons. The zero-order valence-electron chi connectivity index (χ0n) is 15.2. The highest BCUT2D eigenvalue weighted by molar-refractivity contribution is 14.1. The molecule has 0 aromatic heterocycles. The van der Waals surface area contributed by atoms with Gasteiger partial charge in [0.15, 0.2) is 0 Å². The van der Waals surface area contributed by atoms with Gasteiger partial charge in [-0.05, 0) is 69.1 Å². The largest absolute Gasteiger partial charge is 0.463 e. The van der Waals surface area contributed by atoms with Crippen LogP contribution >= 0.6 is 22.6 Å². The fourth-order valence-electron chi connectivity index (χ4n) is 4.41. The van der Waals surface area contributed by atoms with Crippen LogP contribution in [0, 0.1) is 23.2 Å². The van der Waals surface area contributed by atoms with E-state index in [2.05, 4.69) is 56.4 Å². The predicted molar refractivity (Wildman–Crippen MR) is 100 cm³/mol. The minimum Gasteiger partial charge on any atom is -0.463 e. The third-order valence-electron chi connectivity index (χ3n) is 4.72. The summed E-state index contributed by atoms with van der Waals surface area (Å²) in [5, 5.41) is 0. The maximum atomic E-state index is 11.3. The summed E-state index contributed by atoms with van der Waals surface area (Å²) >= 11 is 2.37. The molecule has 0 aliphatic heterocycles. The van der Waals surface area contributed by atoms with Gasteiger partial charge in [-0.25, -0.2) is 0 Å². The highest BCUT2D eigenvalue weighted by atomic mass is 127. The monoisotopic (exact) mass is 438 g/mol. The number of allylic oxidation sites excluding steroid dienone is 2. The fraction of sp³-hybridized carbons (Fsp3) is 0.833. The van der Waals surface area contributed by atoms with Gasteiger partial charge in [0.05, 0.1) is 6.10 Å². The molecule has 0 aromatic rings. The van der Waals surface area contributed by atoms with Crippen molar-refractivity contribution in [2.24, 2.45) is 23.2 Å². The number of hydrogen-bond donors (Lipinski definition) is 0. The lowest BCUT2D eigenvalue weighted by Gasteiger charge is -2.49. The van der Waals surface area contributed by atoms with E-state index >= 15 is 0 Å². The summed E-state index contributed by atoms with van der Waals surface area (Å²) in [4.78, 5) is 11.3. The third-order valence-corrected chi connectivity index (χ3v) is 5.03. The minimum atomic E-state index is -0.268. The minimum absolute atomic E-state index is 0.0287. The summed E-state index contributed by atoms with van der Waals surface area (Å²) in [6, 6.07) is 0. The van der Waals surface area contributed by atoms with Gasteiger partial charge in [-0.15, -0.1) is 0 Å². The topological polar surface area (TPSA) is 44.8 Å². The van der Waals surface area contributed by atoms with Crippen molar-refractivity contribution in [3.05, 3.63) is 9.66 Å². The molecule has 23 heavy (non-hydrogen) atoms. The van der Waals surface area contributed by atoms with E-state index in [1.807, 2.05) is 0 Å². The first-order valence-electron chi connectivity index (χ1n) is 8.28. The van der Waals surface area contributed by atoms with E-state index in [1.165, 1.54) is 16.9 Å². The van der Waals surface area contributed by atoms with Crippen LogP contribution in [0.4, 0.5) is 0 Å². The molecule has 5 atom stereocenters. The Bertz CT molecular complexity index is 419. The smallest absolute Gasteiger partial charge is 0.302 e. The second-order valence-corrected chi connectivity index (χ2v) is 8.90. The van der Waals surface area contributed by atoms with Crippen molar-refractivity contribution in [2.75, 3.05) is 20.5 Å². The molecule has 0 heterocycles. The average Bonchev–Trinajstić information content (AvgIpc) is 2.38. The van der Waals surface area contributed by atoms with Crippen LogP contribution in [-0.2, 0) is 19.0 Å². The lowest BCUT2D eigenvalue weighted by molar-refractivity contribution is -0.165. The summed E-state index contributed by atoms with van der Waals surface area (Å²) < 4.78 is 17.6. The molecule has 0 bridgehead atoms. The van der Waals surface area contributed by atoms with Crippen molar-refractivity contribution < 1.29 is 19.0 Å². The molecule has 1 rings (SSSR count). The Kier molecular flexibility index (Phi) is 8.52. The Morgan fingerprint density at radius 3 is 2.57 bits per heavy atom. The number of hydrogen-bond acceptors (Lipinski definition) is 4. The molecule has 0 amide bonds. The Balaban J connectivity index is 3.09. The molecular weight excluding hydrogens is 407 g/mol. The van der Waals surface area contributed by atoms with Crippen LogP contribution in [0.15, 0.2) is 9.66 Å². The molecular formula is C18H31IO4. The number of rotatable bonds is 7. The van der Waals surface area contributed by atoms with E-state index in [0.29, 0.717) is 11.8 Å². The first-order valence-corrected chi connectivity index (χ1v) is 9.36. The SMILES string of the molecule is COCO[C@H](COC(C)=O)[C@@H]1[C@@H](C)C[C@@H](C)C[C@@]1(C)/C=C(\C)I. The molecule has 0 radical (unpaired) electrons. The Morgan fingerprint density at radius 1 is 1.39 bits per heavy atom. The molecule has 0 unspecified atom stereocenters. The summed E-state index contributed by atoms with van der Waals surface area (Å²) in [5.74, 6) is 1.19. The van der Waals surface area contributed by atoms with Crippen molar-refractivity contribution in [1.29, 1.82) is 0 Å². The quantitative estimate of drug-likeness (QED) is 0.332.